The minimum atomic E-state index is 0.0460. The topological polar surface area (TPSA) is 49.3 Å². The monoisotopic (exact) mass is 173 g/mol. The fourth-order valence-electron chi connectivity index (χ4n) is 0.828. The molecule has 0 saturated carbocycles. The first-order valence-electron chi connectivity index (χ1n) is 4.54. The quantitative estimate of drug-likeness (QED) is 0.627. The van der Waals surface area contributed by atoms with Crippen LogP contribution in [-0.4, -0.2) is 24.2 Å². The maximum Gasteiger partial charge on any atom is 0.220 e. The smallest absolute Gasteiger partial charge is 0.220 e. The zero-order valence-electron chi connectivity index (χ0n) is 7.97. The van der Waals surface area contributed by atoms with Crippen LogP contribution in [0.15, 0.2) is 0 Å². The molecule has 0 aliphatic heterocycles. The molecular formula is C9H19NO2. The molecule has 0 unspecified atom stereocenters. The lowest BCUT2D eigenvalue weighted by Crippen LogP contribution is -2.25. The van der Waals surface area contributed by atoms with Gasteiger partial charge in [0, 0.05) is 19.6 Å². The van der Waals surface area contributed by atoms with Gasteiger partial charge in [0.15, 0.2) is 0 Å². The maximum atomic E-state index is 11.0. The summed E-state index contributed by atoms with van der Waals surface area (Å²) in [4.78, 5) is 11.0. The molecule has 3 nitrogen and oxygen atoms in total. The van der Waals surface area contributed by atoms with Crippen molar-refractivity contribution in [2.45, 2.75) is 33.1 Å². The third kappa shape index (κ3) is 7.54. The first kappa shape index (κ1) is 11.4. The number of amides is 1. The van der Waals surface area contributed by atoms with Crippen LogP contribution >= 0.6 is 0 Å². The zero-order chi connectivity index (χ0) is 9.40. The van der Waals surface area contributed by atoms with Crippen molar-refractivity contribution < 1.29 is 9.90 Å². The van der Waals surface area contributed by atoms with Gasteiger partial charge < -0.3 is 10.4 Å². The number of nitrogens with one attached hydrogen (secondary N) is 1. The van der Waals surface area contributed by atoms with Gasteiger partial charge in [0.2, 0.25) is 5.91 Å². The van der Waals surface area contributed by atoms with Crippen LogP contribution < -0.4 is 5.32 Å². The van der Waals surface area contributed by atoms with Crippen molar-refractivity contribution in [1.29, 1.82) is 0 Å². The summed E-state index contributed by atoms with van der Waals surface area (Å²) in [7, 11) is 0. The van der Waals surface area contributed by atoms with Gasteiger partial charge in [-0.25, -0.2) is 0 Å². The molecule has 0 aromatic carbocycles. The molecule has 0 aliphatic rings. The normalized spacial score (nSPS) is 10.3. The van der Waals surface area contributed by atoms with Crippen molar-refractivity contribution in [3.63, 3.8) is 0 Å². The van der Waals surface area contributed by atoms with Crippen LogP contribution in [0.3, 0.4) is 0 Å². The molecule has 12 heavy (non-hydrogen) atoms. The molecule has 0 rings (SSSR count). The number of aliphatic hydroxyl groups is 1. The van der Waals surface area contributed by atoms with E-state index in [1.165, 1.54) is 0 Å². The summed E-state index contributed by atoms with van der Waals surface area (Å²) in [6, 6.07) is 0. The Morgan fingerprint density at radius 2 is 2.17 bits per heavy atom. The molecule has 3 heteroatoms. The van der Waals surface area contributed by atoms with Gasteiger partial charge in [-0.3, -0.25) is 4.79 Å². The van der Waals surface area contributed by atoms with E-state index >= 15 is 0 Å². The van der Waals surface area contributed by atoms with Gasteiger partial charge >= 0.3 is 0 Å². The zero-order valence-corrected chi connectivity index (χ0v) is 7.97. The fraction of sp³-hybridized carbons (Fsp3) is 0.889. The molecule has 0 bridgehead atoms. The van der Waals surface area contributed by atoms with E-state index in [4.69, 9.17) is 5.11 Å². The molecule has 0 heterocycles. The van der Waals surface area contributed by atoms with E-state index < -0.39 is 0 Å². The Hall–Kier alpha value is -0.570. The van der Waals surface area contributed by atoms with Crippen molar-refractivity contribution in [2.24, 2.45) is 5.92 Å². The van der Waals surface area contributed by atoms with Crippen molar-refractivity contribution >= 4 is 5.91 Å². The van der Waals surface area contributed by atoms with Gasteiger partial charge in [0.1, 0.15) is 0 Å². The van der Waals surface area contributed by atoms with E-state index in [0.29, 0.717) is 18.8 Å². The molecule has 0 spiro atoms. The van der Waals surface area contributed by atoms with Gasteiger partial charge in [-0.15, -0.1) is 0 Å². The van der Waals surface area contributed by atoms with Gasteiger partial charge in [0.05, 0.1) is 0 Å². The van der Waals surface area contributed by atoms with E-state index in [2.05, 4.69) is 19.2 Å². The summed E-state index contributed by atoms with van der Waals surface area (Å²) < 4.78 is 0. The SMILES string of the molecule is CC(C)CCNC(=O)CCCO. The molecule has 0 fully saturated rings. The van der Waals surface area contributed by atoms with Crippen LogP contribution in [0.25, 0.3) is 0 Å². The standard InChI is InChI=1S/C9H19NO2/c1-8(2)5-6-10-9(12)4-3-7-11/h8,11H,3-7H2,1-2H3,(H,10,12). The van der Waals surface area contributed by atoms with E-state index in [9.17, 15) is 4.79 Å². The Labute approximate surface area is 74.2 Å². The lowest BCUT2D eigenvalue weighted by molar-refractivity contribution is -0.121. The van der Waals surface area contributed by atoms with Crippen molar-refractivity contribution in [3.8, 4) is 0 Å². The van der Waals surface area contributed by atoms with Gasteiger partial charge in [0.25, 0.3) is 0 Å². The molecule has 0 aliphatic carbocycles. The number of hydrogen-bond donors (Lipinski definition) is 2. The molecule has 1 amide bonds. The van der Waals surface area contributed by atoms with Crippen LogP contribution in [0.5, 0.6) is 0 Å². The molecule has 0 saturated heterocycles. The minimum absolute atomic E-state index is 0.0460. The van der Waals surface area contributed by atoms with Crippen LogP contribution in [-0.2, 0) is 4.79 Å². The average Bonchev–Trinajstić information content (AvgIpc) is 2.00. The van der Waals surface area contributed by atoms with Crippen LogP contribution in [0, 0.1) is 5.92 Å². The molecule has 2 N–H and O–H groups in total. The summed E-state index contributed by atoms with van der Waals surface area (Å²) in [6.45, 7) is 5.10. The first-order chi connectivity index (χ1) is 5.66. The van der Waals surface area contributed by atoms with Gasteiger partial charge in [-0.05, 0) is 18.8 Å². The summed E-state index contributed by atoms with van der Waals surface area (Å²) in [6.07, 6.45) is 2.02. The number of rotatable bonds is 6. The Morgan fingerprint density at radius 1 is 1.50 bits per heavy atom. The number of carbonyl (C=O) groups is 1. The second-order valence-corrected chi connectivity index (χ2v) is 3.36. The predicted octanol–water partition coefficient (Wildman–Crippen LogP) is 0.921. The maximum absolute atomic E-state index is 11.0. The molecular weight excluding hydrogens is 154 g/mol. The van der Waals surface area contributed by atoms with Crippen LogP contribution in [0.4, 0.5) is 0 Å². The highest BCUT2D eigenvalue weighted by molar-refractivity contribution is 5.75. The van der Waals surface area contributed by atoms with E-state index in [-0.39, 0.29) is 12.5 Å². The third-order valence-electron chi connectivity index (χ3n) is 1.61. The van der Waals surface area contributed by atoms with E-state index in [1.807, 2.05) is 0 Å². The summed E-state index contributed by atoms with van der Waals surface area (Å²) in [5.41, 5.74) is 0. The number of hydrogen-bond acceptors (Lipinski definition) is 2. The molecule has 0 aromatic heterocycles. The minimum Gasteiger partial charge on any atom is -0.396 e. The third-order valence-corrected chi connectivity index (χ3v) is 1.61. The van der Waals surface area contributed by atoms with E-state index in [1.54, 1.807) is 0 Å². The molecule has 72 valence electrons. The first-order valence-corrected chi connectivity index (χ1v) is 4.54. The Morgan fingerprint density at radius 3 is 2.67 bits per heavy atom. The summed E-state index contributed by atoms with van der Waals surface area (Å²) in [5.74, 6) is 0.674. The molecule has 0 atom stereocenters. The fourth-order valence-corrected chi connectivity index (χ4v) is 0.828. The molecule has 0 radical (unpaired) electrons. The molecule has 0 aromatic rings. The largest absolute Gasteiger partial charge is 0.396 e. The second kappa shape index (κ2) is 7.10. The Kier molecular flexibility index (Phi) is 6.76. The van der Waals surface area contributed by atoms with Crippen molar-refractivity contribution in [1.82, 2.24) is 5.32 Å². The summed E-state index contributed by atoms with van der Waals surface area (Å²) in [5, 5.41) is 11.2. The van der Waals surface area contributed by atoms with Gasteiger partial charge in [-0.1, -0.05) is 13.8 Å². The van der Waals surface area contributed by atoms with Crippen molar-refractivity contribution in [3.05, 3.63) is 0 Å². The highest BCUT2D eigenvalue weighted by Gasteiger charge is 1.99. The highest BCUT2D eigenvalue weighted by atomic mass is 16.3. The van der Waals surface area contributed by atoms with Crippen LogP contribution in [0.1, 0.15) is 33.1 Å². The highest BCUT2D eigenvalue weighted by Crippen LogP contribution is 1.96. The predicted molar refractivity (Wildman–Crippen MR) is 48.8 cm³/mol. The summed E-state index contributed by atoms with van der Waals surface area (Å²) >= 11 is 0. The number of aliphatic hydroxyl groups excluding tert-OH is 1. The Bertz CT molecular complexity index is 124. The lowest BCUT2D eigenvalue weighted by Gasteiger charge is -2.06. The van der Waals surface area contributed by atoms with Crippen molar-refractivity contribution in [2.75, 3.05) is 13.2 Å². The second-order valence-electron chi connectivity index (χ2n) is 3.36. The van der Waals surface area contributed by atoms with Gasteiger partial charge in [-0.2, -0.15) is 0 Å². The van der Waals surface area contributed by atoms with E-state index in [0.717, 1.165) is 13.0 Å². The van der Waals surface area contributed by atoms with Crippen LogP contribution in [0.2, 0.25) is 0 Å². The average molecular weight is 173 g/mol. The number of carbonyl (C=O) groups excluding carboxylic acids is 1. The lowest BCUT2D eigenvalue weighted by atomic mass is 10.1. The Balaban J connectivity index is 3.20.